The van der Waals surface area contributed by atoms with E-state index >= 15 is 0 Å². The van der Waals surface area contributed by atoms with Gasteiger partial charge in [-0.05, 0) is 17.7 Å². The molecule has 4 heteroatoms. The Kier molecular flexibility index (Phi) is 3.33. The van der Waals surface area contributed by atoms with Crippen molar-refractivity contribution in [2.45, 2.75) is 6.10 Å². The first-order valence-corrected chi connectivity index (χ1v) is 3.76. The summed E-state index contributed by atoms with van der Waals surface area (Å²) < 4.78 is 29.9. The van der Waals surface area contributed by atoms with Crippen molar-refractivity contribution < 1.29 is 18.6 Å². The van der Waals surface area contributed by atoms with Crippen LogP contribution in [0, 0.1) is 11.6 Å². The second-order valence-electron chi connectivity index (χ2n) is 2.67. The standard InChI is InChI=1S/C9H10F2O2/c1-13-5-9(12)6-2-7(10)4-8(11)3-6/h2-4,9,12H,5H2,1H3. The third-order valence-corrected chi connectivity index (χ3v) is 1.59. The van der Waals surface area contributed by atoms with E-state index in [-0.39, 0.29) is 12.2 Å². The Morgan fingerprint density at radius 1 is 1.31 bits per heavy atom. The normalized spacial score (nSPS) is 12.9. The van der Waals surface area contributed by atoms with Gasteiger partial charge in [0.2, 0.25) is 0 Å². The molecule has 0 aliphatic rings. The smallest absolute Gasteiger partial charge is 0.126 e. The summed E-state index contributed by atoms with van der Waals surface area (Å²) in [5.41, 5.74) is 0.180. The lowest BCUT2D eigenvalue weighted by atomic mass is 10.1. The van der Waals surface area contributed by atoms with Gasteiger partial charge in [0, 0.05) is 13.2 Å². The zero-order valence-corrected chi connectivity index (χ0v) is 7.13. The topological polar surface area (TPSA) is 29.5 Å². The molecule has 0 aromatic heterocycles. The number of halogens is 2. The number of benzene rings is 1. The first-order chi connectivity index (χ1) is 6.13. The van der Waals surface area contributed by atoms with Gasteiger partial charge >= 0.3 is 0 Å². The van der Waals surface area contributed by atoms with Gasteiger partial charge in [-0.1, -0.05) is 0 Å². The predicted molar refractivity (Wildman–Crippen MR) is 43.2 cm³/mol. The molecule has 2 nitrogen and oxygen atoms in total. The van der Waals surface area contributed by atoms with Crippen LogP contribution in [0.1, 0.15) is 11.7 Å². The highest BCUT2D eigenvalue weighted by Crippen LogP contribution is 2.16. The highest BCUT2D eigenvalue weighted by Gasteiger charge is 2.09. The van der Waals surface area contributed by atoms with Crippen molar-refractivity contribution in [3.8, 4) is 0 Å². The molecule has 1 rings (SSSR count). The fraction of sp³-hybridized carbons (Fsp3) is 0.333. The average Bonchev–Trinajstić information content (AvgIpc) is 2.03. The van der Waals surface area contributed by atoms with E-state index in [9.17, 15) is 13.9 Å². The summed E-state index contributed by atoms with van der Waals surface area (Å²) in [7, 11) is 1.40. The molecule has 0 fully saturated rings. The third-order valence-electron chi connectivity index (χ3n) is 1.59. The van der Waals surface area contributed by atoms with E-state index in [0.717, 1.165) is 18.2 Å². The van der Waals surface area contributed by atoms with Gasteiger partial charge in [-0.25, -0.2) is 8.78 Å². The lowest BCUT2D eigenvalue weighted by Gasteiger charge is -2.09. The third kappa shape index (κ3) is 2.75. The maximum absolute atomic E-state index is 12.6. The van der Waals surface area contributed by atoms with Gasteiger partial charge in [-0.15, -0.1) is 0 Å². The van der Waals surface area contributed by atoms with E-state index in [1.165, 1.54) is 7.11 Å². The van der Waals surface area contributed by atoms with Gasteiger partial charge in [0.25, 0.3) is 0 Å². The van der Waals surface area contributed by atoms with E-state index < -0.39 is 17.7 Å². The molecule has 0 spiro atoms. The molecule has 1 N–H and O–H groups in total. The number of aliphatic hydroxyl groups excluding tert-OH is 1. The molecule has 0 saturated carbocycles. The quantitative estimate of drug-likeness (QED) is 0.781. The van der Waals surface area contributed by atoms with Crippen LogP contribution in [0.3, 0.4) is 0 Å². The van der Waals surface area contributed by atoms with Crippen molar-refractivity contribution >= 4 is 0 Å². The Morgan fingerprint density at radius 3 is 2.31 bits per heavy atom. The lowest BCUT2D eigenvalue weighted by molar-refractivity contribution is 0.0640. The molecule has 0 bridgehead atoms. The molecule has 0 heterocycles. The SMILES string of the molecule is COCC(O)c1cc(F)cc(F)c1. The van der Waals surface area contributed by atoms with E-state index in [4.69, 9.17) is 0 Å². The van der Waals surface area contributed by atoms with Crippen molar-refractivity contribution in [2.24, 2.45) is 0 Å². The molecule has 1 aromatic rings. The number of hydrogen-bond donors (Lipinski definition) is 1. The Labute approximate surface area is 74.8 Å². The average molecular weight is 188 g/mol. The molecule has 1 atom stereocenters. The summed E-state index contributed by atoms with van der Waals surface area (Å²) in [5.74, 6) is -1.41. The second-order valence-corrected chi connectivity index (χ2v) is 2.67. The number of hydrogen-bond acceptors (Lipinski definition) is 2. The van der Waals surface area contributed by atoms with E-state index in [0.29, 0.717) is 0 Å². The lowest BCUT2D eigenvalue weighted by Crippen LogP contribution is -2.05. The van der Waals surface area contributed by atoms with Crippen LogP contribution in [0.15, 0.2) is 18.2 Å². The van der Waals surface area contributed by atoms with Crippen LogP contribution in [0.25, 0.3) is 0 Å². The van der Waals surface area contributed by atoms with Crippen molar-refractivity contribution in [1.82, 2.24) is 0 Å². The number of methoxy groups -OCH3 is 1. The van der Waals surface area contributed by atoms with Crippen molar-refractivity contribution in [2.75, 3.05) is 13.7 Å². The van der Waals surface area contributed by atoms with E-state index in [1.54, 1.807) is 0 Å². The van der Waals surface area contributed by atoms with Crippen molar-refractivity contribution in [3.63, 3.8) is 0 Å². The molecular formula is C9H10F2O2. The first kappa shape index (κ1) is 10.1. The first-order valence-electron chi connectivity index (χ1n) is 3.76. The Balaban J connectivity index is 2.87. The zero-order chi connectivity index (χ0) is 9.84. The highest BCUT2D eigenvalue weighted by molar-refractivity contribution is 5.20. The Bertz CT molecular complexity index is 269. The summed E-state index contributed by atoms with van der Waals surface area (Å²) in [4.78, 5) is 0. The van der Waals surface area contributed by atoms with Crippen molar-refractivity contribution in [1.29, 1.82) is 0 Å². The van der Waals surface area contributed by atoms with Crippen LogP contribution in [0.2, 0.25) is 0 Å². The summed E-state index contributed by atoms with van der Waals surface area (Å²) in [6.45, 7) is 0.0168. The Morgan fingerprint density at radius 2 is 1.85 bits per heavy atom. The van der Waals surface area contributed by atoms with E-state index in [1.807, 2.05) is 0 Å². The van der Waals surface area contributed by atoms with Crippen molar-refractivity contribution in [3.05, 3.63) is 35.4 Å². The summed E-state index contributed by atoms with van der Waals surface area (Å²) in [6.07, 6.45) is -0.991. The van der Waals surface area contributed by atoms with E-state index in [2.05, 4.69) is 4.74 Å². The van der Waals surface area contributed by atoms with Gasteiger partial charge < -0.3 is 9.84 Å². The fourth-order valence-electron chi connectivity index (χ4n) is 1.02. The summed E-state index contributed by atoms with van der Waals surface area (Å²) in [5, 5.41) is 9.31. The second kappa shape index (κ2) is 4.30. The molecular weight excluding hydrogens is 178 g/mol. The van der Waals surface area contributed by atoms with Crippen LogP contribution in [0.5, 0.6) is 0 Å². The number of ether oxygens (including phenoxy) is 1. The summed E-state index contributed by atoms with van der Waals surface area (Å²) in [6, 6.07) is 2.91. The fourth-order valence-corrected chi connectivity index (χ4v) is 1.02. The van der Waals surface area contributed by atoms with Gasteiger partial charge in [-0.2, -0.15) is 0 Å². The molecule has 0 aliphatic heterocycles. The molecule has 72 valence electrons. The largest absolute Gasteiger partial charge is 0.386 e. The van der Waals surface area contributed by atoms with Gasteiger partial charge in [0.1, 0.15) is 17.7 Å². The van der Waals surface area contributed by atoms with Gasteiger partial charge in [0.15, 0.2) is 0 Å². The monoisotopic (exact) mass is 188 g/mol. The highest BCUT2D eigenvalue weighted by atomic mass is 19.1. The Hall–Kier alpha value is -1.00. The summed E-state index contributed by atoms with van der Waals surface area (Å²) >= 11 is 0. The van der Waals surface area contributed by atoms with Crippen LogP contribution in [-0.2, 0) is 4.74 Å². The van der Waals surface area contributed by atoms with Gasteiger partial charge in [0.05, 0.1) is 6.61 Å². The molecule has 0 saturated heterocycles. The van der Waals surface area contributed by atoms with Crippen LogP contribution < -0.4 is 0 Å². The van der Waals surface area contributed by atoms with Gasteiger partial charge in [-0.3, -0.25) is 0 Å². The number of aliphatic hydroxyl groups is 1. The zero-order valence-electron chi connectivity index (χ0n) is 7.13. The molecule has 1 aromatic carbocycles. The molecule has 0 radical (unpaired) electrons. The van der Waals surface area contributed by atoms with Crippen LogP contribution in [-0.4, -0.2) is 18.8 Å². The molecule has 1 unspecified atom stereocenters. The predicted octanol–water partition coefficient (Wildman–Crippen LogP) is 1.64. The maximum Gasteiger partial charge on any atom is 0.126 e. The minimum Gasteiger partial charge on any atom is -0.386 e. The molecule has 0 aliphatic carbocycles. The van der Waals surface area contributed by atoms with Crippen LogP contribution >= 0.6 is 0 Å². The minimum absolute atomic E-state index is 0.0168. The maximum atomic E-state index is 12.6. The van der Waals surface area contributed by atoms with Crippen LogP contribution in [0.4, 0.5) is 8.78 Å². The number of rotatable bonds is 3. The molecule has 0 amide bonds. The minimum atomic E-state index is -0.991. The molecule has 13 heavy (non-hydrogen) atoms.